The first kappa shape index (κ1) is 13.1. The fraction of sp³-hybridized carbons (Fsp3) is 0.300. The minimum Gasteiger partial charge on any atom is -0.550 e. The van der Waals surface area contributed by atoms with Gasteiger partial charge in [0.1, 0.15) is 0 Å². The molecule has 0 aliphatic heterocycles. The average Bonchev–Trinajstić information content (AvgIpc) is 2.18. The Morgan fingerprint density at radius 1 is 1.41 bits per heavy atom. The van der Waals surface area contributed by atoms with E-state index in [1.54, 1.807) is 0 Å². The monoisotopic (exact) mass is 247 g/mol. The molecule has 1 rings (SSSR count). The molecule has 1 aromatic rings. The van der Waals surface area contributed by atoms with Gasteiger partial charge in [0.25, 0.3) is 0 Å². The van der Waals surface area contributed by atoms with Crippen LogP contribution in [0.5, 0.6) is 0 Å². The zero-order chi connectivity index (χ0) is 13.1. The summed E-state index contributed by atoms with van der Waals surface area (Å²) < 4.78 is 36.9. The molecular weight excluding hydrogens is 237 g/mol. The molecule has 7 heteroatoms. The molecule has 0 fully saturated rings. The first-order valence-electron chi connectivity index (χ1n) is 4.71. The number of carbonyl (C=O) groups excluding carboxylic acids is 1. The molecule has 17 heavy (non-hydrogen) atoms. The van der Waals surface area contributed by atoms with Crippen LogP contribution in [0.2, 0.25) is 0 Å². The third-order valence-corrected chi connectivity index (χ3v) is 2.02. The van der Waals surface area contributed by atoms with Crippen LogP contribution in [0.15, 0.2) is 18.2 Å². The fourth-order valence-electron chi connectivity index (χ4n) is 1.20. The van der Waals surface area contributed by atoms with Crippen LogP contribution in [0.3, 0.4) is 0 Å². The third kappa shape index (κ3) is 3.86. The second kappa shape index (κ2) is 4.94. The summed E-state index contributed by atoms with van der Waals surface area (Å²) in [5, 5.41) is 12.7. The van der Waals surface area contributed by atoms with Gasteiger partial charge in [-0.2, -0.15) is 13.2 Å². The molecule has 0 unspecified atom stereocenters. The highest BCUT2D eigenvalue weighted by Gasteiger charge is 2.30. The molecule has 0 saturated carbocycles. The van der Waals surface area contributed by atoms with Crippen LogP contribution in [0.25, 0.3) is 0 Å². The number of alkyl halides is 3. The second-order valence-electron chi connectivity index (χ2n) is 3.35. The van der Waals surface area contributed by atoms with E-state index < -0.39 is 17.7 Å². The number of nitrogens with two attached hydrogens (primary N) is 1. The van der Waals surface area contributed by atoms with Crippen LogP contribution in [-0.4, -0.2) is 12.5 Å². The van der Waals surface area contributed by atoms with Gasteiger partial charge >= 0.3 is 6.18 Å². The van der Waals surface area contributed by atoms with E-state index in [1.165, 1.54) is 0 Å². The standard InChI is InChI=1S/C10H11F3N2O2/c11-10(12,13)6-1-2-8(7(14)5-6)15-4-3-9(16)17/h1-2,5,15H,3-4,14H2,(H,16,17)/p-1. The summed E-state index contributed by atoms with van der Waals surface area (Å²) >= 11 is 0. The van der Waals surface area contributed by atoms with Crippen molar-refractivity contribution in [3.63, 3.8) is 0 Å². The summed E-state index contributed by atoms with van der Waals surface area (Å²) in [5.41, 5.74) is 4.74. The molecule has 0 saturated heterocycles. The highest BCUT2D eigenvalue weighted by Crippen LogP contribution is 2.32. The lowest BCUT2D eigenvalue weighted by Gasteiger charge is -2.12. The molecule has 4 nitrogen and oxygen atoms in total. The first-order valence-corrected chi connectivity index (χ1v) is 4.71. The fourth-order valence-corrected chi connectivity index (χ4v) is 1.20. The van der Waals surface area contributed by atoms with Crippen LogP contribution in [0, 0.1) is 0 Å². The topological polar surface area (TPSA) is 78.2 Å². The summed E-state index contributed by atoms with van der Waals surface area (Å²) in [7, 11) is 0. The predicted octanol–water partition coefficient (Wildman–Crippen LogP) is 0.839. The second-order valence-corrected chi connectivity index (χ2v) is 3.35. The average molecular weight is 247 g/mol. The Balaban J connectivity index is 2.73. The van der Waals surface area contributed by atoms with Gasteiger partial charge in [-0.15, -0.1) is 0 Å². The summed E-state index contributed by atoms with van der Waals surface area (Å²) in [6.45, 7) is 0.0396. The highest BCUT2D eigenvalue weighted by atomic mass is 19.4. The molecule has 94 valence electrons. The Hall–Kier alpha value is -1.92. The van der Waals surface area contributed by atoms with Gasteiger partial charge in [0.2, 0.25) is 0 Å². The van der Waals surface area contributed by atoms with E-state index in [0.717, 1.165) is 18.2 Å². The number of nitrogen functional groups attached to an aromatic ring is 1. The van der Waals surface area contributed by atoms with Crippen molar-refractivity contribution in [2.75, 3.05) is 17.6 Å². The van der Waals surface area contributed by atoms with E-state index in [0.29, 0.717) is 0 Å². The smallest absolute Gasteiger partial charge is 0.416 e. The lowest BCUT2D eigenvalue weighted by Crippen LogP contribution is -2.24. The number of carboxylic acids is 1. The summed E-state index contributed by atoms with van der Waals surface area (Å²) in [6.07, 6.45) is -4.70. The van der Waals surface area contributed by atoms with Crippen molar-refractivity contribution >= 4 is 17.3 Å². The maximum atomic E-state index is 12.3. The largest absolute Gasteiger partial charge is 0.550 e. The molecule has 0 aliphatic rings. The van der Waals surface area contributed by atoms with Crippen LogP contribution in [0.4, 0.5) is 24.5 Å². The van der Waals surface area contributed by atoms with E-state index in [9.17, 15) is 23.1 Å². The van der Waals surface area contributed by atoms with Crippen LogP contribution >= 0.6 is 0 Å². The Kier molecular flexibility index (Phi) is 3.82. The number of halogens is 3. The van der Waals surface area contributed by atoms with E-state index >= 15 is 0 Å². The molecule has 0 amide bonds. The van der Waals surface area contributed by atoms with Crippen molar-refractivity contribution in [2.24, 2.45) is 0 Å². The maximum absolute atomic E-state index is 12.3. The van der Waals surface area contributed by atoms with Gasteiger partial charge in [-0.25, -0.2) is 0 Å². The molecule has 0 aromatic heterocycles. The van der Waals surface area contributed by atoms with E-state index in [1.807, 2.05) is 0 Å². The van der Waals surface area contributed by atoms with E-state index in [4.69, 9.17) is 5.73 Å². The lowest BCUT2D eigenvalue weighted by atomic mass is 10.1. The maximum Gasteiger partial charge on any atom is 0.416 e. The Labute approximate surface area is 95.2 Å². The molecule has 0 radical (unpaired) electrons. The Morgan fingerprint density at radius 3 is 2.53 bits per heavy atom. The number of hydrogen-bond acceptors (Lipinski definition) is 4. The summed E-state index contributed by atoms with van der Waals surface area (Å²) in [5.74, 6) is -1.25. The molecule has 0 atom stereocenters. The Bertz CT molecular complexity index is 419. The summed E-state index contributed by atoms with van der Waals surface area (Å²) in [4.78, 5) is 10.1. The van der Waals surface area contributed by atoms with Crippen molar-refractivity contribution in [1.29, 1.82) is 0 Å². The minimum absolute atomic E-state index is 0.0396. The van der Waals surface area contributed by atoms with Gasteiger partial charge < -0.3 is 21.0 Å². The van der Waals surface area contributed by atoms with Gasteiger partial charge in [-0.3, -0.25) is 0 Å². The number of benzene rings is 1. The van der Waals surface area contributed by atoms with Crippen molar-refractivity contribution in [2.45, 2.75) is 12.6 Å². The Morgan fingerprint density at radius 2 is 2.06 bits per heavy atom. The normalized spacial score (nSPS) is 11.2. The molecule has 3 N–H and O–H groups in total. The molecule has 1 aromatic carbocycles. The van der Waals surface area contributed by atoms with Crippen molar-refractivity contribution in [1.82, 2.24) is 0 Å². The number of aliphatic carboxylic acids is 1. The van der Waals surface area contributed by atoms with Gasteiger partial charge in [-0.1, -0.05) is 0 Å². The third-order valence-electron chi connectivity index (χ3n) is 2.02. The van der Waals surface area contributed by atoms with E-state index in [-0.39, 0.29) is 24.3 Å². The van der Waals surface area contributed by atoms with Gasteiger partial charge in [0.05, 0.1) is 16.9 Å². The number of hydrogen-bond donors (Lipinski definition) is 2. The zero-order valence-corrected chi connectivity index (χ0v) is 8.67. The quantitative estimate of drug-likeness (QED) is 0.773. The number of nitrogens with one attached hydrogen (secondary N) is 1. The lowest BCUT2D eigenvalue weighted by molar-refractivity contribution is -0.305. The van der Waals surface area contributed by atoms with Crippen molar-refractivity contribution < 1.29 is 23.1 Å². The SMILES string of the molecule is Nc1cc(C(F)(F)F)ccc1NCCC(=O)[O-]. The number of anilines is 2. The summed E-state index contributed by atoms with van der Waals surface area (Å²) in [6, 6.07) is 2.83. The van der Waals surface area contributed by atoms with Crippen LogP contribution < -0.4 is 16.2 Å². The molecule has 0 spiro atoms. The number of carboxylic acid groups (broad SMARTS) is 1. The van der Waals surface area contributed by atoms with Gasteiger partial charge in [0, 0.05) is 18.9 Å². The van der Waals surface area contributed by atoms with E-state index in [2.05, 4.69) is 5.32 Å². The van der Waals surface area contributed by atoms with Gasteiger partial charge in [-0.05, 0) is 18.2 Å². The molecule has 0 bridgehead atoms. The predicted molar refractivity (Wildman–Crippen MR) is 54.0 cm³/mol. The molecule has 0 heterocycles. The van der Waals surface area contributed by atoms with Crippen LogP contribution in [-0.2, 0) is 11.0 Å². The molecule has 0 aliphatic carbocycles. The van der Waals surface area contributed by atoms with Crippen molar-refractivity contribution in [3.8, 4) is 0 Å². The number of rotatable bonds is 4. The molecular formula is C10H10F3N2O2-. The zero-order valence-electron chi connectivity index (χ0n) is 8.67. The van der Waals surface area contributed by atoms with Crippen LogP contribution in [0.1, 0.15) is 12.0 Å². The number of carbonyl (C=O) groups is 1. The van der Waals surface area contributed by atoms with Crippen molar-refractivity contribution in [3.05, 3.63) is 23.8 Å². The minimum atomic E-state index is -4.45. The first-order chi connectivity index (χ1) is 7.80. The van der Waals surface area contributed by atoms with Gasteiger partial charge in [0.15, 0.2) is 0 Å². The highest BCUT2D eigenvalue weighted by molar-refractivity contribution is 5.69.